The van der Waals surface area contributed by atoms with Crippen LogP contribution in [-0.4, -0.2) is 12.5 Å². The smallest absolute Gasteiger partial charge is 0.217 e. The van der Waals surface area contributed by atoms with Crippen molar-refractivity contribution < 1.29 is 13.9 Å². The van der Waals surface area contributed by atoms with Crippen LogP contribution in [0.3, 0.4) is 0 Å². The summed E-state index contributed by atoms with van der Waals surface area (Å²) < 4.78 is 18.4. The van der Waals surface area contributed by atoms with Crippen molar-refractivity contribution in [3.05, 3.63) is 29.1 Å². The minimum absolute atomic E-state index is 0.290. The minimum Gasteiger partial charge on any atom is -0.490 e. The summed E-state index contributed by atoms with van der Waals surface area (Å²) in [5, 5.41) is 0. The molecule has 1 aliphatic heterocycles. The number of hydrogen-bond acceptors (Lipinski definition) is 2. The predicted molar refractivity (Wildman–Crippen MR) is 53.1 cm³/mol. The maximum Gasteiger partial charge on any atom is 0.217 e. The second-order valence-corrected chi connectivity index (χ2v) is 3.58. The molecule has 0 atom stereocenters. The maximum atomic E-state index is 13.3. The Morgan fingerprint density at radius 1 is 1.53 bits per heavy atom. The van der Waals surface area contributed by atoms with Gasteiger partial charge in [-0.1, -0.05) is 6.07 Å². The third-order valence-electron chi connectivity index (χ3n) is 2.55. The van der Waals surface area contributed by atoms with E-state index in [0.29, 0.717) is 25.2 Å². The highest BCUT2D eigenvalue weighted by molar-refractivity contribution is 5.74. The van der Waals surface area contributed by atoms with E-state index in [1.54, 1.807) is 6.07 Å². The van der Waals surface area contributed by atoms with Crippen molar-refractivity contribution >= 4 is 5.91 Å². The number of carbonyl (C=O) groups excluding carboxylic acids is 1. The lowest BCUT2D eigenvalue weighted by Crippen LogP contribution is -2.11. The summed E-state index contributed by atoms with van der Waals surface area (Å²) in [4.78, 5) is 10.7. The number of carbonyl (C=O) groups is 1. The lowest BCUT2D eigenvalue weighted by molar-refractivity contribution is -0.117. The topological polar surface area (TPSA) is 52.3 Å². The second kappa shape index (κ2) is 3.88. The summed E-state index contributed by atoms with van der Waals surface area (Å²) in [7, 11) is 0. The van der Waals surface area contributed by atoms with Gasteiger partial charge >= 0.3 is 0 Å². The number of primary amides is 1. The molecule has 0 spiro atoms. The molecule has 1 heterocycles. The highest BCUT2D eigenvalue weighted by Gasteiger charge is 2.20. The molecular weight excluding hydrogens is 197 g/mol. The van der Waals surface area contributed by atoms with Crippen LogP contribution >= 0.6 is 0 Å². The van der Waals surface area contributed by atoms with Gasteiger partial charge in [0.15, 0.2) is 11.6 Å². The molecule has 0 saturated heterocycles. The summed E-state index contributed by atoms with van der Waals surface area (Å²) in [6.45, 7) is 0.514. The molecule has 0 saturated carbocycles. The molecular formula is C11H12FNO2. The molecule has 80 valence electrons. The summed E-state index contributed by atoms with van der Waals surface area (Å²) in [5.41, 5.74) is 6.92. The van der Waals surface area contributed by atoms with Gasteiger partial charge in [0.05, 0.1) is 6.61 Å². The van der Waals surface area contributed by atoms with E-state index in [0.717, 1.165) is 11.1 Å². The van der Waals surface area contributed by atoms with Gasteiger partial charge in [-0.2, -0.15) is 0 Å². The van der Waals surface area contributed by atoms with Gasteiger partial charge in [-0.05, 0) is 18.1 Å². The molecule has 0 radical (unpaired) electrons. The third-order valence-corrected chi connectivity index (χ3v) is 2.55. The van der Waals surface area contributed by atoms with Crippen LogP contribution in [0.15, 0.2) is 12.1 Å². The molecule has 0 aliphatic carbocycles. The van der Waals surface area contributed by atoms with E-state index in [4.69, 9.17) is 10.5 Å². The first-order chi connectivity index (χ1) is 7.18. The van der Waals surface area contributed by atoms with Crippen molar-refractivity contribution in [2.24, 2.45) is 5.73 Å². The molecule has 0 unspecified atom stereocenters. The van der Waals surface area contributed by atoms with Gasteiger partial charge < -0.3 is 10.5 Å². The average Bonchev–Trinajstić information content (AvgIpc) is 2.66. The van der Waals surface area contributed by atoms with Gasteiger partial charge in [0, 0.05) is 18.4 Å². The highest BCUT2D eigenvalue weighted by atomic mass is 19.1. The molecule has 0 bridgehead atoms. The summed E-state index contributed by atoms with van der Waals surface area (Å²) in [6.07, 6.45) is 1.56. The number of amides is 1. The van der Waals surface area contributed by atoms with Crippen molar-refractivity contribution in [1.29, 1.82) is 0 Å². The van der Waals surface area contributed by atoms with Crippen molar-refractivity contribution in [3.63, 3.8) is 0 Å². The fourth-order valence-corrected chi connectivity index (χ4v) is 1.82. The van der Waals surface area contributed by atoms with Gasteiger partial charge in [0.1, 0.15) is 0 Å². The first-order valence-electron chi connectivity index (χ1n) is 4.90. The van der Waals surface area contributed by atoms with Crippen LogP contribution in [0.1, 0.15) is 17.5 Å². The van der Waals surface area contributed by atoms with Crippen LogP contribution in [0.25, 0.3) is 0 Å². The van der Waals surface area contributed by atoms with Crippen LogP contribution in [0.4, 0.5) is 4.39 Å². The molecule has 1 amide bonds. The SMILES string of the molecule is NC(=O)CCc1ccc(F)c2c1CCO2. The predicted octanol–water partition coefficient (Wildman–Crippen LogP) is 1.18. The Hall–Kier alpha value is -1.58. The molecule has 1 aliphatic rings. The van der Waals surface area contributed by atoms with E-state index < -0.39 is 0 Å². The number of hydrogen-bond donors (Lipinski definition) is 1. The number of benzene rings is 1. The largest absolute Gasteiger partial charge is 0.490 e. The normalized spacial score (nSPS) is 13.4. The molecule has 0 fully saturated rings. The zero-order valence-corrected chi connectivity index (χ0v) is 8.25. The van der Waals surface area contributed by atoms with Gasteiger partial charge in [-0.25, -0.2) is 4.39 Å². The van der Waals surface area contributed by atoms with E-state index in [2.05, 4.69) is 0 Å². The number of ether oxygens (including phenoxy) is 1. The van der Waals surface area contributed by atoms with E-state index >= 15 is 0 Å². The van der Waals surface area contributed by atoms with E-state index in [-0.39, 0.29) is 18.1 Å². The lowest BCUT2D eigenvalue weighted by Gasteiger charge is -2.06. The fourth-order valence-electron chi connectivity index (χ4n) is 1.82. The molecule has 1 aromatic rings. The lowest BCUT2D eigenvalue weighted by atomic mass is 10.0. The molecule has 4 heteroatoms. The minimum atomic E-state index is -0.341. The molecule has 3 nitrogen and oxygen atoms in total. The molecule has 2 rings (SSSR count). The number of halogens is 1. The standard InChI is InChI=1S/C11H12FNO2/c12-9-3-1-7(2-4-10(13)14)8-5-6-15-11(8)9/h1,3H,2,4-6H2,(H2,13,14). The number of fused-ring (bicyclic) bond motifs is 1. The fraction of sp³-hybridized carbons (Fsp3) is 0.364. The van der Waals surface area contributed by atoms with Gasteiger partial charge in [-0.15, -0.1) is 0 Å². The highest BCUT2D eigenvalue weighted by Crippen LogP contribution is 2.31. The van der Waals surface area contributed by atoms with Crippen LogP contribution in [0.2, 0.25) is 0 Å². The van der Waals surface area contributed by atoms with Crippen LogP contribution in [-0.2, 0) is 17.6 Å². The Kier molecular flexibility index (Phi) is 2.58. The Morgan fingerprint density at radius 3 is 3.07 bits per heavy atom. The molecule has 1 aromatic carbocycles. The average molecular weight is 209 g/mol. The number of aryl methyl sites for hydroxylation is 1. The van der Waals surface area contributed by atoms with Crippen molar-refractivity contribution in [2.45, 2.75) is 19.3 Å². The summed E-state index contributed by atoms with van der Waals surface area (Å²) >= 11 is 0. The summed E-state index contributed by atoms with van der Waals surface area (Å²) in [5.74, 6) is -0.325. The number of nitrogens with two attached hydrogens (primary N) is 1. The van der Waals surface area contributed by atoms with Gasteiger partial charge in [0.25, 0.3) is 0 Å². The van der Waals surface area contributed by atoms with Crippen molar-refractivity contribution in [2.75, 3.05) is 6.61 Å². The Bertz CT molecular complexity index is 404. The number of rotatable bonds is 3. The third kappa shape index (κ3) is 1.93. The second-order valence-electron chi connectivity index (χ2n) is 3.58. The molecule has 15 heavy (non-hydrogen) atoms. The quantitative estimate of drug-likeness (QED) is 0.812. The van der Waals surface area contributed by atoms with E-state index in [1.807, 2.05) is 0 Å². The van der Waals surface area contributed by atoms with Gasteiger partial charge in [0.2, 0.25) is 5.91 Å². The Morgan fingerprint density at radius 2 is 2.33 bits per heavy atom. The molecule has 0 aromatic heterocycles. The maximum absolute atomic E-state index is 13.3. The van der Waals surface area contributed by atoms with E-state index in [9.17, 15) is 9.18 Å². The first kappa shape index (κ1) is 9.96. The van der Waals surface area contributed by atoms with Crippen LogP contribution in [0.5, 0.6) is 5.75 Å². The monoisotopic (exact) mass is 209 g/mol. The van der Waals surface area contributed by atoms with Crippen LogP contribution in [0, 0.1) is 5.82 Å². The van der Waals surface area contributed by atoms with Gasteiger partial charge in [-0.3, -0.25) is 4.79 Å². The zero-order valence-electron chi connectivity index (χ0n) is 8.25. The zero-order chi connectivity index (χ0) is 10.8. The van der Waals surface area contributed by atoms with Crippen molar-refractivity contribution in [1.82, 2.24) is 0 Å². The van der Waals surface area contributed by atoms with E-state index in [1.165, 1.54) is 6.07 Å². The summed E-state index contributed by atoms with van der Waals surface area (Å²) in [6, 6.07) is 3.08. The van der Waals surface area contributed by atoms with Crippen LogP contribution < -0.4 is 10.5 Å². The first-order valence-corrected chi connectivity index (χ1v) is 4.90. The Balaban J connectivity index is 2.25. The van der Waals surface area contributed by atoms with Crippen molar-refractivity contribution in [3.8, 4) is 5.75 Å². The molecule has 2 N–H and O–H groups in total. The Labute approximate surface area is 87.0 Å².